The van der Waals surface area contributed by atoms with Crippen LogP contribution in [0.15, 0.2) is 63.7 Å². The van der Waals surface area contributed by atoms with Gasteiger partial charge in [0.1, 0.15) is 0 Å². The Hall–Kier alpha value is -2.77. The Labute approximate surface area is 210 Å². The van der Waals surface area contributed by atoms with Crippen LogP contribution in [0.25, 0.3) is 0 Å². The number of benzene rings is 1. The lowest BCUT2D eigenvalue weighted by Gasteiger charge is -2.32. The highest BCUT2D eigenvalue weighted by atomic mass is 35.5. The van der Waals surface area contributed by atoms with Crippen molar-refractivity contribution < 1.29 is 4.79 Å². The van der Waals surface area contributed by atoms with Gasteiger partial charge in [-0.25, -0.2) is 0 Å². The Kier molecular flexibility index (Phi) is 7.33. The summed E-state index contributed by atoms with van der Waals surface area (Å²) in [5.41, 5.74) is 3.45. The number of pyridine rings is 1. The minimum atomic E-state index is -0.124. The van der Waals surface area contributed by atoms with Crippen molar-refractivity contribution in [1.82, 2.24) is 14.5 Å². The monoisotopic (exact) mass is 495 g/mol. The van der Waals surface area contributed by atoms with E-state index in [9.17, 15) is 4.79 Å². The summed E-state index contributed by atoms with van der Waals surface area (Å²) >= 11 is 7.70. The molecule has 3 heterocycles. The van der Waals surface area contributed by atoms with Gasteiger partial charge in [-0.05, 0) is 43.7 Å². The molecule has 8 heteroatoms. The molecule has 1 amide bonds. The predicted octanol–water partition coefficient (Wildman–Crippen LogP) is 5.99. The molecule has 0 spiro atoms. The molecule has 1 aliphatic rings. The quantitative estimate of drug-likeness (QED) is 0.472. The van der Waals surface area contributed by atoms with Crippen LogP contribution in [0.3, 0.4) is 0 Å². The SMILES string of the molecule is CCN1CC(C)(C)CN=CNc2c(c(Sc3ccncc3)n(Cc3ccc(Cl)cc3)c2C)C1=O. The molecule has 3 aromatic rings. The lowest BCUT2D eigenvalue weighted by molar-refractivity contribution is 0.0698. The minimum absolute atomic E-state index is 0.0305. The van der Waals surface area contributed by atoms with E-state index in [-0.39, 0.29) is 11.3 Å². The van der Waals surface area contributed by atoms with E-state index in [0.717, 1.165) is 26.9 Å². The van der Waals surface area contributed by atoms with E-state index in [4.69, 9.17) is 11.6 Å². The average molecular weight is 496 g/mol. The van der Waals surface area contributed by atoms with Gasteiger partial charge in [0.15, 0.2) is 0 Å². The summed E-state index contributed by atoms with van der Waals surface area (Å²) in [6.07, 6.45) is 5.28. The number of carbonyl (C=O) groups is 1. The zero-order valence-corrected chi connectivity index (χ0v) is 21.6. The van der Waals surface area contributed by atoms with Crippen LogP contribution in [0, 0.1) is 12.3 Å². The van der Waals surface area contributed by atoms with Crippen molar-refractivity contribution >= 4 is 41.3 Å². The van der Waals surface area contributed by atoms with Gasteiger partial charge in [-0.15, -0.1) is 0 Å². The highest BCUT2D eigenvalue weighted by Gasteiger charge is 2.32. The molecule has 0 bridgehead atoms. The molecule has 6 nitrogen and oxygen atoms in total. The molecule has 4 rings (SSSR count). The number of amides is 1. The zero-order valence-electron chi connectivity index (χ0n) is 20.0. The maximum atomic E-state index is 14.0. The molecule has 0 unspecified atom stereocenters. The molecule has 1 N–H and O–H groups in total. The van der Waals surface area contributed by atoms with Crippen molar-refractivity contribution in [2.45, 2.75) is 44.2 Å². The van der Waals surface area contributed by atoms with E-state index in [0.29, 0.717) is 36.8 Å². The standard InChI is InChI=1S/C26H30ClN5OS/c1-5-31-16-26(3,4)15-29-17-30-23-18(2)32(14-19-6-8-20(27)9-7-19)25(22(23)24(31)33)34-21-10-12-28-13-11-21/h6-13,17H,5,14-16H2,1-4H3,(H,29,30). The first-order valence-corrected chi connectivity index (χ1v) is 12.6. The molecule has 2 aromatic heterocycles. The molecule has 0 atom stereocenters. The lowest BCUT2D eigenvalue weighted by atomic mass is 9.92. The van der Waals surface area contributed by atoms with E-state index in [1.165, 1.54) is 0 Å². The Morgan fingerprint density at radius 3 is 2.53 bits per heavy atom. The first-order chi connectivity index (χ1) is 16.3. The third kappa shape index (κ3) is 5.31. The first kappa shape index (κ1) is 24.4. The maximum absolute atomic E-state index is 14.0. The van der Waals surface area contributed by atoms with E-state index in [1.54, 1.807) is 30.5 Å². The molecule has 0 aliphatic carbocycles. The molecule has 0 radical (unpaired) electrons. The van der Waals surface area contributed by atoms with Crippen LogP contribution in [0.2, 0.25) is 5.02 Å². The summed E-state index contributed by atoms with van der Waals surface area (Å²) in [5.74, 6) is 0.0305. The van der Waals surface area contributed by atoms with Gasteiger partial charge in [0, 0.05) is 59.6 Å². The van der Waals surface area contributed by atoms with Crippen molar-refractivity contribution in [3.8, 4) is 0 Å². The Bertz CT molecular complexity index is 1190. The third-order valence-corrected chi connectivity index (χ3v) is 7.29. The predicted molar refractivity (Wildman–Crippen MR) is 140 cm³/mol. The fourth-order valence-corrected chi connectivity index (χ4v) is 5.34. The summed E-state index contributed by atoms with van der Waals surface area (Å²) in [5, 5.41) is 4.95. The zero-order chi connectivity index (χ0) is 24.3. The van der Waals surface area contributed by atoms with Gasteiger partial charge in [0.2, 0.25) is 0 Å². The fraction of sp³-hybridized carbons (Fsp3) is 0.346. The van der Waals surface area contributed by atoms with Crippen LogP contribution in [-0.2, 0) is 6.54 Å². The summed E-state index contributed by atoms with van der Waals surface area (Å²) in [6.45, 7) is 10.9. The minimum Gasteiger partial charge on any atom is -0.345 e. The number of carbonyl (C=O) groups excluding carboxylic acids is 1. The van der Waals surface area contributed by atoms with Gasteiger partial charge in [0.05, 0.1) is 22.6 Å². The largest absolute Gasteiger partial charge is 0.345 e. The topological polar surface area (TPSA) is 62.5 Å². The number of hydrogen-bond donors (Lipinski definition) is 1. The number of rotatable bonds is 5. The summed E-state index contributed by atoms with van der Waals surface area (Å²) in [4.78, 5) is 25.8. The van der Waals surface area contributed by atoms with Crippen molar-refractivity contribution in [1.29, 1.82) is 0 Å². The first-order valence-electron chi connectivity index (χ1n) is 11.4. The van der Waals surface area contributed by atoms with Crippen molar-refractivity contribution in [3.05, 3.63) is 70.6 Å². The van der Waals surface area contributed by atoms with E-state index in [1.807, 2.05) is 55.1 Å². The van der Waals surface area contributed by atoms with Crippen LogP contribution < -0.4 is 5.32 Å². The molecule has 1 aliphatic heterocycles. The Balaban J connectivity index is 1.88. The molecule has 178 valence electrons. The molecule has 0 fully saturated rings. The van der Waals surface area contributed by atoms with Crippen LogP contribution in [0.4, 0.5) is 5.69 Å². The molecule has 0 saturated heterocycles. The summed E-state index contributed by atoms with van der Waals surface area (Å²) in [7, 11) is 0. The van der Waals surface area contributed by atoms with Crippen LogP contribution >= 0.6 is 23.4 Å². The highest BCUT2D eigenvalue weighted by Crippen LogP contribution is 2.40. The molecule has 34 heavy (non-hydrogen) atoms. The van der Waals surface area contributed by atoms with E-state index < -0.39 is 0 Å². The fourth-order valence-electron chi connectivity index (χ4n) is 4.13. The van der Waals surface area contributed by atoms with Crippen LogP contribution in [-0.4, -0.2) is 46.3 Å². The van der Waals surface area contributed by atoms with Gasteiger partial charge in [-0.1, -0.05) is 49.3 Å². The van der Waals surface area contributed by atoms with E-state index in [2.05, 4.69) is 33.7 Å². The van der Waals surface area contributed by atoms with Crippen molar-refractivity contribution in [2.75, 3.05) is 25.0 Å². The molecular weight excluding hydrogens is 466 g/mol. The number of nitrogens with zero attached hydrogens (tertiary/aromatic N) is 4. The molecule has 1 aromatic carbocycles. The average Bonchev–Trinajstić information content (AvgIpc) is 3.07. The van der Waals surface area contributed by atoms with Gasteiger partial charge >= 0.3 is 0 Å². The van der Waals surface area contributed by atoms with Crippen molar-refractivity contribution in [2.24, 2.45) is 10.4 Å². The Morgan fingerprint density at radius 2 is 1.85 bits per heavy atom. The lowest BCUT2D eigenvalue weighted by Crippen LogP contribution is -2.40. The second-order valence-electron chi connectivity index (χ2n) is 9.24. The number of hydrogen-bond acceptors (Lipinski definition) is 5. The summed E-state index contributed by atoms with van der Waals surface area (Å²) < 4.78 is 2.20. The number of aliphatic imine (C=N–C) groups is 1. The number of aromatic nitrogens is 2. The number of fused-ring (bicyclic) bond motifs is 1. The van der Waals surface area contributed by atoms with Crippen LogP contribution in [0.1, 0.15) is 42.4 Å². The normalized spacial score (nSPS) is 15.7. The molecular formula is C26H30ClN5OS. The van der Waals surface area contributed by atoms with Gasteiger partial charge in [-0.2, -0.15) is 0 Å². The second-order valence-corrected chi connectivity index (χ2v) is 10.7. The second kappa shape index (κ2) is 10.2. The van der Waals surface area contributed by atoms with E-state index >= 15 is 0 Å². The maximum Gasteiger partial charge on any atom is 0.258 e. The molecule has 0 saturated carbocycles. The van der Waals surface area contributed by atoms with Gasteiger partial charge < -0.3 is 14.8 Å². The van der Waals surface area contributed by atoms with Crippen LogP contribution in [0.5, 0.6) is 0 Å². The summed E-state index contributed by atoms with van der Waals surface area (Å²) in [6, 6.07) is 11.8. The Morgan fingerprint density at radius 1 is 1.15 bits per heavy atom. The van der Waals surface area contributed by atoms with Crippen molar-refractivity contribution in [3.63, 3.8) is 0 Å². The van der Waals surface area contributed by atoms with Gasteiger partial charge in [0.25, 0.3) is 5.91 Å². The number of nitrogens with one attached hydrogen (secondary N) is 1. The number of halogens is 1. The highest BCUT2D eigenvalue weighted by molar-refractivity contribution is 7.99. The third-order valence-electron chi connectivity index (χ3n) is 5.92. The smallest absolute Gasteiger partial charge is 0.258 e. The van der Waals surface area contributed by atoms with Gasteiger partial charge in [-0.3, -0.25) is 14.8 Å². The number of anilines is 1.